The zero-order valence-corrected chi connectivity index (χ0v) is 13.8. The first-order valence-electron chi connectivity index (χ1n) is 7.73. The highest BCUT2D eigenvalue weighted by Crippen LogP contribution is 2.36. The van der Waals surface area contributed by atoms with Crippen molar-refractivity contribution in [1.82, 2.24) is 0 Å². The molecule has 1 rings (SSSR count). The van der Waals surface area contributed by atoms with Crippen LogP contribution >= 0.6 is 0 Å². The summed E-state index contributed by atoms with van der Waals surface area (Å²) in [6.45, 7) is 11.4. The summed E-state index contributed by atoms with van der Waals surface area (Å²) >= 11 is 0. The van der Waals surface area contributed by atoms with Crippen LogP contribution in [-0.2, 0) is 4.74 Å². The molecule has 1 aromatic carbocycles. The van der Waals surface area contributed by atoms with E-state index in [9.17, 15) is 5.11 Å². The molecule has 120 valence electrons. The number of aliphatic hydroxyl groups is 1. The Hall–Kier alpha value is -1.26. The highest BCUT2D eigenvalue weighted by molar-refractivity contribution is 5.44. The molecule has 4 nitrogen and oxygen atoms in total. The van der Waals surface area contributed by atoms with Gasteiger partial charge in [-0.05, 0) is 51.8 Å². The van der Waals surface area contributed by atoms with Crippen LogP contribution in [0.5, 0.6) is 11.5 Å². The van der Waals surface area contributed by atoms with Crippen molar-refractivity contribution in [1.29, 1.82) is 0 Å². The van der Waals surface area contributed by atoms with Crippen LogP contribution in [0.25, 0.3) is 0 Å². The summed E-state index contributed by atoms with van der Waals surface area (Å²) in [6, 6.07) is 5.55. The number of ether oxygens (including phenoxy) is 3. The third-order valence-corrected chi connectivity index (χ3v) is 3.64. The molecule has 0 aliphatic rings. The lowest BCUT2D eigenvalue weighted by atomic mass is 9.90. The zero-order chi connectivity index (χ0) is 15.9. The van der Waals surface area contributed by atoms with Crippen LogP contribution in [0.3, 0.4) is 0 Å². The van der Waals surface area contributed by atoms with Gasteiger partial charge in [0, 0.05) is 6.61 Å². The Morgan fingerprint density at radius 1 is 1.00 bits per heavy atom. The minimum atomic E-state index is -0.711. The molecular formula is C17H28O4. The average Bonchev–Trinajstić information content (AvgIpc) is 2.49. The first kappa shape index (κ1) is 17.8. The average molecular weight is 296 g/mol. The summed E-state index contributed by atoms with van der Waals surface area (Å²) in [5.41, 5.74) is 0.172. The molecule has 0 bridgehead atoms. The largest absolute Gasteiger partial charge is 0.490 e. The third-order valence-electron chi connectivity index (χ3n) is 3.64. The molecular weight excluding hydrogens is 268 g/mol. The molecule has 0 aromatic heterocycles. The molecule has 2 unspecified atom stereocenters. The van der Waals surface area contributed by atoms with E-state index < -0.39 is 11.7 Å². The van der Waals surface area contributed by atoms with Crippen molar-refractivity contribution in [2.45, 2.75) is 52.7 Å². The maximum atomic E-state index is 10.7. The van der Waals surface area contributed by atoms with Crippen LogP contribution in [-0.4, -0.2) is 30.5 Å². The van der Waals surface area contributed by atoms with Gasteiger partial charge in [0.05, 0.1) is 18.8 Å². The van der Waals surface area contributed by atoms with Gasteiger partial charge in [-0.1, -0.05) is 13.0 Å². The Labute approximate surface area is 128 Å². The molecule has 0 saturated carbocycles. The molecule has 0 spiro atoms. The molecule has 0 heterocycles. The van der Waals surface area contributed by atoms with E-state index in [1.807, 2.05) is 52.8 Å². The summed E-state index contributed by atoms with van der Waals surface area (Å²) < 4.78 is 16.9. The van der Waals surface area contributed by atoms with Crippen molar-refractivity contribution >= 4 is 0 Å². The Kier molecular flexibility index (Phi) is 6.99. The van der Waals surface area contributed by atoms with Crippen molar-refractivity contribution in [2.24, 2.45) is 0 Å². The Morgan fingerprint density at radius 2 is 1.62 bits per heavy atom. The molecule has 0 radical (unpaired) electrons. The lowest BCUT2D eigenvalue weighted by molar-refractivity contribution is -0.113. The van der Waals surface area contributed by atoms with Crippen LogP contribution < -0.4 is 9.47 Å². The molecule has 2 atom stereocenters. The van der Waals surface area contributed by atoms with E-state index in [-0.39, 0.29) is 0 Å². The number of hydrogen-bond donors (Lipinski definition) is 1. The zero-order valence-electron chi connectivity index (χ0n) is 13.8. The van der Waals surface area contributed by atoms with E-state index >= 15 is 0 Å². The van der Waals surface area contributed by atoms with Gasteiger partial charge in [0.25, 0.3) is 0 Å². The topological polar surface area (TPSA) is 47.9 Å². The minimum Gasteiger partial charge on any atom is -0.490 e. The molecule has 0 amide bonds. The molecule has 4 heteroatoms. The van der Waals surface area contributed by atoms with Gasteiger partial charge in [0.15, 0.2) is 11.5 Å². The number of benzene rings is 1. The van der Waals surface area contributed by atoms with E-state index in [2.05, 4.69) is 0 Å². The van der Waals surface area contributed by atoms with E-state index in [0.29, 0.717) is 31.3 Å². The van der Waals surface area contributed by atoms with Gasteiger partial charge in [-0.2, -0.15) is 0 Å². The molecule has 21 heavy (non-hydrogen) atoms. The molecule has 1 N–H and O–H groups in total. The molecule has 0 fully saturated rings. The fourth-order valence-electron chi connectivity index (χ4n) is 2.29. The van der Waals surface area contributed by atoms with Gasteiger partial charge in [-0.15, -0.1) is 0 Å². The van der Waals surface area contributed by atoms with Gasteiger partial charge in [0.1, 0.15) is 6.10 Å². The summed E-state index contributed by atoms with van der Waals surface area (Å²) in [5, 5.41) is 10.7. The van der Waals surface area contributed by atoms with Gasteiger partial charge < -0.3 is 19.3 Å². The van der Waals surface area contributed by atoms with Crippen molar-refractivity contribution in [3.8, 4) is 11.5 Å². The summed E-state index contributed by atoms with van der Waals surface area (Å²) in [7, 11) is 0. The van der Waals surface area contributed by atoms with Gasteiger partial charge in [-0.25, -0.2) is 0 Å². The minimum absolute atomic E-state index is 0.552. The lowest BCUT2D eigenvalue weighted by Gasteiger charge is -2.33. The molecule has 0 aliphatic carbocycles. The summed E-state index contributed by atoms with van der Waals surface area (Å²) in [6.07, 6.45) is 0.0106. The Bertz CT molecular complexity index is 433. The maximum absolute atomic E-state index is 10.7. The van der Waals surface area contributed by atoms with Crippen LogP contribution in [0.4, 0.5) is 0 Å². The standard InChI is InChI=1S/C17H28O4/c1-6-17(5,21-9-4)16(18)13-10-11-14(19-7-2)15(12-13)20-8-3/h10-12,16,18H,6-9H2,1-5H3. The number of hydrogen-bond acceptors (Lipinski definition) is 4. The number of rotatable bonds is 9. The second kappa shape index (κ2) is 8.25. The monoisotopic (exact) mass is 296 g/mol. The van der Waals surface area contributed by atoms with Gasteiger partial charge in [-0.3, -0.25) is 0 Å². The smallest absolute Gasteiger partial charge is 0.161 e. The predicted molar refractivity (Wildman–Crippen MR) is 84.1 cm³/mol. The number of aliphatic hydroxyl groups excluding tert-OH is 1. The van der Waals surface area contributed by atoms with Crippen LogP contribution in [0, 0.1) is 0 Å². The molecule has 1 aromatic rings. The highest BCUT2D eigenvalue weighted by Gasteiger charge is 2.33. The SMILES string of the molecule is CCOc1ccc(C(O)C(C)(CC)OCC)cc1OCC. The maximum Gasteiger partial charge on any atom is 0.161 e. The van der Waals surface area contributed by atoms with Gasteiger partial charge >= 0.3 is 0 Å². The van der Waals surface area contributed by atoms with Crippen LogP contribution in [0.1, 0.15) is 52.7 Å². The van der Waals surface area contributed by atoms with Crippen molar-refractivity contribution in [2.75, 3.05) is 19.8 Å². The fraction of sp³-hybridized carbons (Fsp3) is 0.647. The van der Waals surface area contributed by atoms with E-state index in [0.717, 1.165) is 12.0 Å². The second-order valence-electron chi connectivity index (χ2n) is 5.07. The Balaban J connectivity index is 3.09. The van der Waals surface area contributed by atoms with Crippen molar-refractivity contribution in [3.63, 3.8) is 0 Å². The summed E-state index contributed by atoms with van der Waals surface area (Å²) in [4.78, 5) is 0. The van der Waals surface area contributed by atoms with Crippen LogP contribution in [0.15, 0.2) is 18.2 Å². The molecule has 0 saturated heterocycles. The third kappa shape index (κ3) is 4.35. The molecule has 0 aliphatic heterocycles. The Morgan fingerprint density at radius 3 is 2.14 bits per heavy atom. The van der Waals surface area contributed by atoms with E-state index in [4.69, 9.17) is 14.2 Å². The first-order valence-corrected chi connectivity index (χ1v) is 7.73. The normalized spacial score (nSPS) is 15.3. The predicted octanol–water partition coefficient (Wildman–Crippen LogP) is 3.72. The highest BCUT2D eigenvalue weighted by atomic mass is 16.5. The quantitative estimate of drug-likeness (QED) is 0.754. The van der Waals surface area contributed by atoms with Crippen LogP contribution in [0.2, 0.25) is 0 Å². The first-order chi connectivity index (χ1) is 10.0. The van der Waals surface area contributed by atoms with Gasteiger partial charge in [0.2, 0.25) is 0 Å². The van der Waals surface area contributed by atoms with Crippen molar-refractivity contribution in [3.05, 3.63) is 23.8 Å². The van der Waals surface area contributed by atoms with E-state index in [1.165, 1.54) is 0 Å². The van der Waals surface area contributed by atoms with Crippen molar-refractivity contribution < 1.29 is 19.3 Å². The summed E-state index contributed by atoms with van der Waals surface area (Å²) in [5.74, 6) is 1.36. The lowest BCUT2D eigenvalue weighted by Crippen LogP contribution is -2.35. The second-order valence-corrected chi connectivity index (χ2v) is 5.07. The van der Waals surface area contributed by atoms with E-state index in [1.54, 1.807) is 0 Å². The fourth-order valence-corrected chi connectivity index (χ4v) is 2.29.